The molecule has 2 aromatic carbocycles. The number of aryl methyl sites for hydroxylation is 1. The van der Waals surface area contributed by atoms with Crippen molar-refractivity contribution in [1.82, 2.24) is 4.98 Å². The lowest BCUT2D eigenvalue weighted by Crippen LogP contribution is -1.98. The summed E-state index contributed by atoms with van der Waals surface area (Å²) in [6.45, 7) is 2.07. The minimum absolute atomic E-state index is 0.193. The SMILES string of the molecule is CCc1cccc2c(Nc3ccc(F)cc3F)nc[c]c12. The maximum Gasteiger partial charge on any atom is 0.149 e. The van der Waals surface area contributed by atoms with Crippen LogP contribution in [0.25, 0.3) is 10.8 Å². The van der Waals surface area contributed by atoms with E-state index in [-0.39, 0.29) is 5.69 Å². The van der Waals surface area contributed by atoms with Crippen molar-refractivity contribution in [2.75, 3.05) is 5.32 Å². The van der Waals surface area contributed by atoms with Crippen LogP contribution in [0.1, 0.15) is 12.5 Å². The van der Waals surface area contributed by atoms with E-state index < -0.39 is 11.6 Å². The van der Waals surface area contributed by atoms with Crippen molar-refractivity contribution in [1.29, 1.82) is 0 Å². The van der Waals surface area contributed by atoms with Crippen molar-refractivity contribution < 1.29 is 8.78 Å². The van der Waals surface area contributed by atoms with Crippen LogP contribution in [0.3, 0.4) is 0 Å². The molecule has 0 saturated heterocycles. The lowest BCUT2D eigenvalue weighted by atomic mass is 10.0. The molecule has 3 aromatic rings. The fourth-order valence-electron chi connectivity index (χ4n) is 2.31. The zero-order chi connectivity index (χ0) is 14.8. The van der Waals surface area contributed by atoms with E-state index in [9.17, 15) is 8.78 Å². The van der Waals surface area contributed by atoms with E-state index in [4.69, 9.17) is 0 Å². The minimum atomic E-state index is -0.649. The number of anilines is 2. The number of benzene rings is 2. The number of halogens is 2. The summed E-state index contributed by atoms with van der Waals surface area (Å²) in [5, 5.41) is 4.74. The van der Waals surface area contributed by atoms with Crippen LogP contribution >= 0.6 is 0 Å². The van der Waals surface area contributed by atoms with Crippen LogP contribution in [0.15, 0.2) is 42.6 Å². The number of hydrogen-bond donors (Lipinski definition) is 1. The molecule has 0 spiro atoms. The van der Waals surface area contributed by atoms with Gasteiger partial charge >= 0.3 is 0 Å². The van der Waals surface area contributed by atoms with E-state index >= 15 is 0 Å². The molecule has 0 unspecified atom stereocenters. The molecule has 1 aromatic heterocycles. The van der Waals surface area contributed by atoms with Crippen LogP contribution in [-0.2, 0) is 6.42 Å². The fraction of sp³-hybridized carbons (Fsp3) is 0.118. The van der Waals surface area contributed by atoms with Crippen molar-refractivity contribution in [3.63, 3.8) is 0 Å². The molecule has 1 heterocycles. The maximum absolute atomic E-state index is 13.7. The van der Waals surface area contributed by atoms with Gasteiger partial charge in [0.2, 0.25) is 0 Å². The van der Waals surface area contributed by atoms with E-state index in [0.717, 1.165) is 28.8 Å². The molecule has 21 heavy (non-hydrogen) atoms. The van der Waals surface area contributed by atoms with Gasteiger partial charge in [0.25, 0.3) is 0 Å². The first kappa shape index (κ1) is 13.5. The predicted molar refractivity (Wildman–Crippen MR) is 79.6 cm³/mol. The van der Waals surface area contributed by atoms with Crippen LogP contribution in [0.4, 0.5) is 20.3 Å². The van der Waals surface area contributed by atoms with Gasteiger partial charge in [0, 0.05) is 23.7 Å². The number of fused-ring (bicyclic) bond motifs is 1. The molecule has 3 rings (SSSR count). The zero-order valence-electron chi connectivity index (χ0n) is 11.5. The van der Waals surface area contributed by atoms with Crippen molar-refractivity contribution in [3.05, 3.63) is 65.9 Å². The molecule has 0 atom stereocenters. The van der Waals surface area contributed by atoms with E-state index in [0.29, 0.717) is 5.82 Å². The average Bonchev–Trinajstić information content (AvgIpc) is 2.49. The normalized spacial score (nSPS) is 10.8. The number of hydrogen-bond acceptors (Lipinski definition) is 2. The van der Waals surface area contributed by atoms with Gasteiger partial charge in [0.05, 0.1) is 5.69 Å². The first-order chi connectivity index (χ1) is 10.2. The molecule has 0 fully saturated rings. The van der Waals surface area contributed by atoms with Gasteiger partial charge in [0.15, 0.2) is 0 Å². The van der Waals surface area contributed by atoms with Gasteiger partial charge in [-0.2, -0.15) is 0 Å². The van der Waals surface area contributed by atoms with Gasteiger partial charge in [-0.3, -0.25) is 0 Å². The van der Waals surface area contributed by atoms with Crippen LogP contribution < -0.4 is 5.32 Å². The Balaban J connectivity index is 2.08. The topological polar surface area (TPSA) is 24.9 Å². The van der Waals surface area contributed by atoms with E-state index in [1.54, 1.807) is 6.20 Å². The van der Waals surface area contributed by atoms with Crippen molar-refractivity contribution in [2.45, 2.75) is 13.3 Å². The van der Waals surface area contributed by atoms with Crippen molar-refractivity contribution >= 4 is 22.3 Å². The third-order valence-electron chi connectivity index (χ3n) is 3.37. The molecule has 4 heteroatoms. The lowest BCUT2D eigenvalue weighted by molar-refractivity contribution is 0.586. The molecule has 0 aliphatic heterocycles. The summed E-state index contributed by atoms with van der Waals surface area (Å²) in [5.74, 6) is -0.723. The monoisotopic (exact) mass is 283 g/mol. The summed E-state index contributed by atoms with van der Waals surface area (Å²) in [6.07, 6.45) is 2.44. The van der Waals surface area contributed by atoms with E-state index in [1.807, 2.05) is 18.2 Å². The Labute approximate surface area is 121 Å². The molecule has 0 aliphatic carbocycles. The van der Waals surface area contributed by atoms with E-state index in [2.05, 4.69) is 23.3 Å². The highest BCUT2D eigenvalue weighted by Crippen LogP contribution is 2.27. The van der Waals surface area contributed by atoms with Crippen LogP contribution in [-0.4, -0.2) is 4.98 Å². The second kappa shape index (κ2) is 5.48. The number of aromatic nitrogens is 1. The lowest BCUT2D eigenvalue weighted by Gasteiger charge is -2.11. The zero-order valence-corrected chi connectivity index (χ0v) is 11.5. The van der Waals surface area contributed by atoms with Crippen LogP contribution in [0.5, 0.6) is 0 Å². The third kappa shape index (κ3) is 2.57. The molecule has 0 aliphatic rings. The molecule has 1 N–H and O–H groups in total. The maximum atomic E-state index is 13.7. The number of pyridine rings is 1. The van der Waals surface area contributed by atoms with Gasteiger partial charge in [-0.15, -0.1) is 0 Å². The Kier molecular flexibility index (Phi) is 3.52. The standard InChI is InChI=1S/C17H13F2N2/c1-2-11-4-3-5-14-13(11)8-9-20-17(14)21-16-7-6-12(18)10-15(16)19/h3-7,9-10H,2H2,1H3,(H,20,21). The Morgan fingerprint density at radius 3 is 2.81 bits per heavy atom. The molecule has 0 amide bonds. The van der Waals surface area contributed by atoms with Gasteiger partial charge in [0.1, 0.15) is 17.5 Å². The molecule has 1 radical (unpaired) electrons. The summed E-state index contributed by atoms with van der Waals surface area (Å²) in [6, 6.07) is 12.4. The molecule has 2 nitrogen and oxygen atoms in total. The smallest absolute Gasteiger partial charge is 0.149 e. The molecular formula is C17H13F2N2. The first-order valence-electron chi connectivity index (χ1n) is 6.69. The van der Waals surface area contributed by atoms with Gasteiger partial charge in [-0.1, -0.05) is 25.1 Å². The van der Waals surface area contributed by atoms with Gasteiger partial charge < -0.3 is 5.32 Å². The Hall–Kier alpha value is -2.49. The van der Waals surface area contributed by atoms with Crippen molar-refractivity contribution in [2.24, 2.45) is 0 Å². The van der Waals surface area contributed by atoms with Crippen molar-refractivity contribution in [3.8, 4) is 0 Å². The second-order valence-electron chi connectivity index (χ2n) is 4.69. The summed E-state index contributed by atoms with van der Waals surface area (Å²) in [4.78, 5) is 4.21. The van der Waals surface area contributed by atoms with Crippen LogP contribution in [0, 0.1) is 17.7 Å². The molecule has 105 valence electrons. The number of rotatable bonds is 3. The summed E-state index contributed by atoms with van der Waals surface area (Å²) >= 11 is 0. The van der Waals surface area contributed by atoms with E-state index in [1.165, 1.54) is 12.1 Å². The number of nitrogens with one attached hydrogen (secondary N) is 1. The summed E-state index contributed by atoms with van der Waals surface area (Å²) < 4.78 is 26.7. The predicted octanol–water partition coefficient (Wildman–Crippen LogP) is 4.62. The second-order valence-corrected chi connectivity index (χ2v) is 4.69. The van der Waals surface area contributed by atoms with Gasteiger partial charge in [-0.25, -0.2) is 13.8 Å². The minimum Gasteiger partial charge on any atom is -0.337 e. The quantitative estimate of drug-likeness (QED) is 0.758. The fourth-order valence-corrected chi connectivity index (χ4v) is 2.31. The van der Waals surface area contributed by atoms with Gasteiger partial charge in [-0.05, 0) is 29.5 Å². The Bertz CT molecular complexity index is 800. The molecule has 0 saturated carbocycles. The third-order valence-corrected chi connectivity index (χ3v) is 3.37. The average molecular weight is 283 g/mol. The largest absolute Gasteiger partial charge is 0.337 e. The molecule has 0 bridgehead atoms. The Morgan fingerprint density at radius 1 is 1.19 bits per heavy atom. The number of nitrogens with zero attached hydrogens (tertiary/aromatic N) is 1. The highest BCUT2D eigenvalue weighted by molar-refractivity contribution is 5.94. The highest BCUT2D eigenvalue weighted by atomic mass is 19.1. The molecular weight excluding hydrogens is 270 g/mol. The Morgan fingerprint density at radius 2 is 2.05 bits per heavy atom. The first-order valence-corrected chi connectivity index (χ1v) is 6.69. The highest BCUT2D eigenvalue weighted by Gasteiger charge is 2.09. The van der Waals surface area contributed by atoms with Crippen LogP contribution in [0.2, 0.25) is 0 Å². The summed E-state index contributed by atoms with van der Waals surface area (Å²) in [7, 11) is 0. The summed E-state index contributed by atoms with van der Waals surface area (Å²) in [5.41, 5.74) is 1.34.